The average Bonchev–Trinajstić information content (AvgIpc) is 2.92. The predicted octanol–water partition coefficient (Wildman–Crippen LogP) is 2.14. The number of hydrogen-bond donors (Lipinski definition) is 1. The van der Waals surface area contributed by atoms with Crippen molar-refractivity contribution in [2.24, 2.45) is 0 Å². The summed E-state index contributed by atoms with van der Waals surface area (Å²) in [6.07, 6.45) is 0. The summed E-state index contributed by atoms with van der Waals surface area (Å²) in [7, 11) is 1.57. The number of nitrogens with zero attached hydrogens (tertiary/aromatic N) is 2. The molecule has 0 saturated carbocycles. The minimum atomic E-state index is -0.104. The molecule has 1 N–H and O–H groups in total. The zero-order valence-corrected chi connectivity index (χ0v) is 12.2. The highest BCUT2D eigenvalue weighted by Crippen LogP contribution is 2.19. The summed E-state index contributed by atoms with van der Waals surface area (Å²) in [6.45, 7) is 0.162. The van der Waals surface area contributed by atoms with Gasteiger partial charge in [0.05, 0.1) is 5.75 Å². The number of thioether (sulfide) groups is 1. The van der Waals surface area contributed by atoms with E-state index in [1.165, 1.54) is 11.8 Å². The quantitative estimate of drug-likeness (QED) is 0.823. The number of hydrogen-bond acceptors (Lipinski definition) is 6. The van der Waals surface area contributed by atoms with Crippen LogP contribution in [0.3, 0.4) is 0 Å². The highest BCUT2D eigenvalue weighted by atomic mass is 35.5. The first-order chi connectivity index (χ1) is 9.67. The molecule has 1 heterocycles. The lowest BCUT2D eigenvalue weighted by atomic mass is 10.3. The van der Waals surface area contributed by atoms with Crippen LogP contribution in [0.5, 0.6) is 5.75 Å². The molecule has 2 aromatic rings. The Bertz CT molecular complexity index is 574. The van der Waals surface area contributed by atoms with Crippen LogP contribution < -0.4 is 10.1 Å². The van der Waals surface area contributed by atoms with Gasteiger partial charge in [-0.15, -0.1) is 10.2 Å². The molecule has 0 aliphatic heterocycles. The van der Waals surface area contributed by atoms with Gasteiger partial charge >= 0.3 is 0 Å². The van der Waals surface area contributed by atoms with Crippen molar-refractivity contribution >= 4 is 29.3 Å². The smallest absolute Gasteiger partial charge is 0.277 e. The summed E-state index contributed by atoms with van der Waals surface area (Å²) in [4.78, 5) is 11.1. The molecule has 0 atom stereocenters. The zero-order valence-electron chi connectivity index (χ0n) is 10.6. The molecule has 0 bridgehead atoms. The topological polar surface area (TPSA) is 77.2 Å². The van der Waals surface area contributed by atoms with E-state index in [1.54, 1.807) is 31.3 Å². The fourth-order valence-electron chi connectivity index (χ4n) is 1.23. The van der Waals surface area contributed by atoms with Gasteiger partial charge in [-0.05, 0) is 24.3 Å². The minimum Gasteiger partial charge on any atom is -0.484 e. The van der Waals surface area contributed by atoms with Crippen molar-refractivity contribution in [2.45, 2.75) is 11.8 Å². The summed E-state index contributed by atoms with van der Waals surface area (Å²) in [5.41, 5.74) is 0. The molecule has 0 radical (unpaired) electrons. The van der Waals surface area contributed by atoms with E-state index in [2.05, 4.69) is 15.5 Å². The third-order valence-electron chi connectivity index (χ3n) is 2.23. The summed E-state index contributed by atoms with van der Waals surface area (Å²) < 4.78 is 10.8. The Kier molecular flexibility index (Phi) is 5.25. The number of benzene rings is 1. The Balaban J connectivity index is 1.83. The third-order valence-corrected chi connectivity index (χ3v) is 3.30. The molecule has 0 fully saturated rings. The number of amides is 1. The van der Waals surface area contributed by atoms with Crippen molar-refractivity contribution in [3.05, 3.63) is 35.2 Å². The van der Waals surface area contributed by atoms with Gasteiger partial charge in [0.1, 0.15) is 5.75 Å². The standard InChI is InChI=1S/C12H12ClN3O3S/c1-14-10(17)7-20-12-16-15-11(19-12)6-18-9-4-2-8(13)3-5-9/h2-5H,6-7H2,1H3,(H,14,17). The number of carbonyl (C=O) groups excluding carboxylic acids is 1. The number of rotatable bonds is 6. The first-order valence-corrected chi connectivity index (χ1v) is 7.08. The highest BCUT2D eigenvalue weighted by molar-refractivity contribution is 7.99. The number of aromatic nitrogens is 2. The van der Waals surface area contributed by atoms with E-state index in [9.17, 15) is 4.79 Å². The Morgan fingerprint density at radius 2 is 2.15 bits per heavy atom. The van der Waals surface area contributed by atoms with Gasteiger partial charge in [0.25, 0.3) is 11.1 Å². The highest BCUT2D eigenvalue weighted by Gasteiger charge is 2.09. The number of carbonyl (C=O) groups is 1. The molecule has 0 aliphatic carbocycles. The lowest BCUT2D eigenvalue weighted by Gasteiger charge is -2.02. The van der Waals surface area contributed by atoms with Gasteiger partial charge in [-0.3, -0.25) is 4.79 Å². The molecule has 0 saturated heterocycles. The van der Waals surface area contributed by atoms with Crippen LogP contribution in [0.2, 0.25) is 5.02 Å². The molecule has 20 heavy (non-hydrogen) atoms. The van der Waals surface area contributed by atoms with Gasteiger partial charge in [-0.25, -0.2) is 0 Å². The molecule has 8 heteroatoms. The van der Waals surface area contributed by atoms with Crippen LogP contribution >= 0.6 is 23.4 Å². The predicted molar refractivity (Wildman–Crippen MR) is 74.9 cm³/mol. The molecule has 6 nitrogen and oxygen atoms in total. The monoisotopic (exact) mass is 313 g/mol. The van der Waals surface area contributed by atoms with E-state index in [1.807, 2.05) is 0 Å². The number of ether oxygens (including phenoxy) is 1. The van der Waals surface area contributed by atoms with Crippen molar-refractivity contribution in [3.8, 4) is 5.75 Å². The number of nitrogens with one attached hydrogen (secondary N) is 1. The minimum absolute atomic E-state index is 0.104. The fourth-order valence-corrected chi connectivity index (χ4v) is 2.01. The van der Waals surface area contributed by atoms with Crippen molar-refractivity contribution in [1.29, 1.82) is 0 Å². The van der Waals surface area contributed by atoms with E-state index in [0.717, 1.165) is 0 Å². The van der Waals surface area contributed by atoms with Crippen LogP contribution in [-0.4, -0.2) is 28.9 Å². The molecule has 1 amide bonds. The second kappa shape index (κ2) is 7.16. The Hall–Kier alpha value is -1.73. The van der Waals surface area contributed by atoms with Crippen LogP contribution in [0, 0.1) is 0 Å². The van der Waals surface area contributed by atoms with E-state index >= 15 is 0 Å². The first-order valence-electron chi connectivity index (χ1n) is 5.71. The van der Waals surface area contributed by atoms with E-state index in [0.29, 0.717) is 21.9 Å². The second-order valence-corrected chi connectivity index (χ2v) is 5.03. The van der Waals surface area contributed by atoms with Gasteiger partial charge in [0.15, 0.2) is 6.61 Å². The number of halogens is 1. The van der Waals surface area contributed by atoms with Crippen LogP contribution in [0.4, 0.5) is 0 Å². The van der Waals surface area contributed by atoms with Crippen molar-refractivity contribution in [1.82, 2.24) is 15.5 Å². The molecule has 0 aliphatic rings. The van der Waals surface area contributed by atoms with E-state index < -0.39 is 0 Å². The SMILES string of the molecule is CNC(=O)CSc1nnc(COc2ccc(Cl)cc2)o1. The Morgan fingerprint density at radius 1 is 1.40 bits per heavy atom. The average molecular weight is 314 g/mol. The van der Waals surface area contributed by atoms with Gasteiger partial charge in [0.2, 0.25) is 5.91 Å². The van der Waals surface area contributed by atoms with E-state index in [4.69, 9.17) is 20.8 Å². The first kappa shape index (κ1) is 14.7. The maximum atomic E-state index is 11.1. The van der Waals surface area contributed by atoms with Crippen LogP contribution in [-0.2, 0) is 11.4 Å². The fraction of sp³-hybridized carbons (Fsp3) is 0.250. The van der Waals surface area contributed by atoms with E-state index in [-0.39, 0.29) is 18.3 Å². The third kappa shape index (κ3) is 4.43. The maximum absolute atomic E-state index is 11.1. The zero-order chi connectivity index (χ0) is 14.4. The molecule has 1 aromatic heterocycles. The van der Waals surface area contributed by atoms with Gasteiger partial charge in [-0.1, -0.05) is 23.4 Å². The van der Waals surface area contributed by atoms with Crippen molar-refractivity contribution < 1.29 is 13.9 Å². The molecular formula is C12H12ClN3O3S. The summed E-state index contributed by atoms with van der Waals surface area (Å²) in [5.74, 6) is 1.13. The van der Waals surface area contributed by atoms with Gasteiger partial charge in [-0.2, -0.15) is 0 Å². The molecular weight excluding hydrogens is 302 g/mol. The Labute approximate surface area is 124 Å². The second-order valence-electron chi connectivity index (χ2n) is 3.67. The van der Waals surface area contributed by atoms with Crippen molar-refractivity contribution in [3.63, 3.8) is 0 Å². The van der Waals surface area contributed by atoms with Gasteiger partial charge in [0, 0.05) is 12.1 Å². The lowest BCUT2D eigenvalue weighted by Crippen LogP contribution is -2.19. The largest absolute Gasteiger partial charge is 0.484 e. The van der Waals surface area contributed by atoms with Crippen LogP contribution in [0.15, 0.2) is 33.9 Å². The molecule has 0 spiro atoms. The molecule has 1 aromatic carbocycles. The summed E-state index contributed by atoms with van der Waals surface area (Å²) in [6, 6.07) is 6.96. The summed E-state index contributed by atoms with van der Waals surface area (Å²) >= 11 is 6.94. The van der Waals surface area contributed by atoms with Crippen LogP contribution in [0.25, 0.3) is 0 Å². The summed E-state index contributed by atoms with van der Waals surface area (Å²) in [5, 5.41) is 11.1. The van der Waals surface area contributed by atoms with Crippen molar-refractivity contribution in [2.75, 3.05) is 12.8 Å². The molecule has 106 valence electrons. The molecule has 2 rings (SSSR count). The normalized spacial score (nSPS) is 10.3. The van der Waals surface area contributed by atoms with Crippen LogP contribution in [0.1, 0.15) is 5.89 Å². The lowest BCUT2D eigenvalue weighted by molar-refractivity contribution is -0.118. The molecule has 0 unspecified atom stereocenters. The van der Waals surface area contributed by atoms with Gasteiger partial charge < -0.3 is 14.5 Å². The Morgan fingerprint density at radius 3 is 2.85 bits per heavy atom. The maximum Gasteiger partial charge on any atom is 0.277 e.